The molecule has 0 N–H and O–H groups in total. The van der Waals surface area contributed by atoms with Gasteiger partial charge in [0.2, 0.25) is 11.8 Å². The first-order valence-corrected chi connectivity index (χ1v) is 7.64. The fraction of sp³-hybridized carbons (Fsp3) is 0.750. The summed E-state index contributed by atoms with van der Waals surface area (Å²) in [5.41, 5.74) is 0. The van der Waals surface area contributed by atoms with Crippen molar-refractivity contribution in [1.82, 2.24) is 9.80 Å². The number of nitrogens with zero attached hydrogens (tertiary/aromatic N) is 2. The third kappa shape index (κ3) is 3.61. The fourth-order valence-electron chi connectivity index (χ4n) is 3.06. The minimum absolute atomic E-state index is 0.0462. The van der Waals surface area contributed by atoms with Gasteiger partial charge in [0, 0.05) is 37.9 Å². The maximum absolute atomic E-state index is 11.4. The number of likely N-dealkylation sites (tertiary alicyclic amines) is 2. The highest BCUT2D eigenvalue weighted by atomic mass is 16.2. The Morgan fingerprint density at radius 2 is 1.65 bits per heavy atom. The van der Waals surface area contributed by atoms with E-state index < -0.39 is 0 Å². The van der Waals surface area contributed by atoms with Gasteiger partial charge in [-0.1, -0.05) is 12.3 Å². The van der Waals surface area contributed by atoms with Crippen molar-refractivity contribution in [2.45, 2.75) is 64.5 Å². The first kappa shape index (κ1) is 15.1. The van der Waals surface area contributed by atoms with Crippen molar-refractivity contribution in [3.8, 4) is 11.8 Å². The zero-order valence-corrected chi connectivity index (χ0v) is 12.5. The smallest absolute Gasteiger partial charge is 0.229 e. The lowest BCUT2D eigenvalue weighted by molar-refractivity contribution is -0.138. The van der Waals surface area contributed by atoms with Crippen molar-refractivity contribution >= 4 is 11.8 Å². The van der Waals surface area contributed by atoms with Crippen molar-refractivity contribution in [2.75, 3.05) is 13.1 Å². The molecule has 4 nitrogen and oxygen atoms in total. The van der Waals surface area contributed by atoms with Gasteiger partial charge in [-0.25, -0.2) is 0 Å². The SMILES string of the molecule is C[C@H]1CCC[C@H](C)N1CC#CCCN1C(=O)CCC1=O. The molecule has 20 heavy (non-hydrogen) atoms. The number of hydrogen-bond acceptors (Lipinski definition) is 3. The molecule has 2 heterocycles. The normalized spacial score (nSPS) is 27.6. The molecule has 4 heteroatoms. The lowest BCUT2D eigenvalue weighted by Gasteiger charge is -2.37. The Kier molecular flexibility index (Phi) is 5.19. The molecular weight excluding hydrogens is 252 g/mol. The summed E-state index contributed by atoms with van der Waals surface area (Å²) in [6.07, 6.45) is 5.15. The van der Waals surface area contributed by atoms with E-state index in [0.717, 1.165) is 6.54 Å². The highest BCUT2D eigenvalue weighted by Crippen LogP contribution is 2.21. The van der Waals surface area contributed by atoms with E-state index in [-0.39, 0.29) is 11.8 Å². The number of piperidine rings is 1. The molecule has 0 radical (unpaired) electrons. The molecule has 0 unspecified atom stereocenters. The molecule has 0 saturated carbocycles. The average Bonchev–Trinajstić information content (AvgIpc) is 2.72. The van der Waals surface area contributed by atoms with Gasteiger partial charge in [-0.15, -0.1) is 5.92 Å². The van der Waals surface area contributed by atoms with E-state index in [1.807, 2.05) is 0 Å². The molecule has 2 fully saturated rings. The lowest BCUT2D eigenvalue weighted by Crippen LogP contribution is -2.43. The third-order valence-electron chi connectivity index (χ3n) is 4.38. The largest absolute Gasteiger partial charge is 0.287 e. The second-order valence-corrected chi connectivity index (χ2v) is 5.84. The molecule has 2 atom stereocenters. The molecule has 110 valence electrons. The molecule has 0 bridgehead atoms. The van der Waals surface area contributed by atoms with Crippen LogP contribution in [0.5, 0.6) is 0 Å². The predicted octanol–water partition coefficient (Wildman–Crippen LogP) is 1.79. The summed E-state index contributed by atoms with van der Waals surface area (Å²) in [6, 6.07) is 1.21. The summed E-state index contributed by atoms with van der Waals surface area (Å²) in [7, 11) is 0. The van der Waals surface area contributed by atoms with Gasteiger partial charge >= 0.3 is 0 Å². The fourth-order valence-corrected chi connectivity index (χ4v) is 3.06. The van der Waals surface area contributed by atoms with Crippen LogP contribution in [0.2, 0.25) is 0 Å². The van der Waals surface area contributed by atoms with Crippen LogP contribution in [-0.4, -0.2) is 46.8 Å². The molecule has 2 amide bonds. The van der Waals surface area contributed by atoms with Crippen molar-refractivity contribution in [3.63, 3.8) is 0 Å². The summed E-state index contributed by atoms with van der Waals surface area (Å²) >= 11 is 0. The maximum Gasteiger partial charge on any atom is 0.229 e. The van der Waals surface area contributed by atoms with E-state index in [2.05, 4.69) is 30.6 Å². The summed E-state index contributed by atoms with van der Waals surface area (Å²) in [5, 5.41) is 0. The molecule has 0 aromatic rings. The van der Waals surface area contributed by atoms with Crippen molar-refractivity contribution in [3.05, 3.63) is 0 Å². The molecule has 0 aromatic carbocycles. The zero-order chi connectivity index (χ0) is 14.5. The molecule has 0 aliphatic carbocycles. The first-order valence-electron chi connectivity index (χ1n) is 7.64. The minimum Gasteiger partial charge on any atom is -0.287 e. The van der Waals surface area contributed by atoms with Crippen LogP contribution in [0.25, 0.3) is 0 Å². The van der Waals surface area contributed by atoms with Gasteiger partial charge in [0.05, 0.1) is 6.54 Å². The van der Waals surface area contributed by atoms with Crippen LogP contribution >= 0.6 is 0 Å². The molecule has 0 aromatic heterocycles. The van der Waals surface area contributed by atoms with Crippen LogP contribution in [0, 0.1) is 11.8 Å². The number of carbonyl (C=O) groups is 2. The van der Waals surface area contributed by atoms with E-state index >= 15 is 0 Å². The first-order chi connectivity index (χ1) is 9.59. The number of imide groups is 1. The Labute approximate surface area is 121 Å². The third-order valence-corrected chi connectivity index (χ3v) is 4.38. The summed E-state index contributed by atoms with van der Waals surface area (Å²) in [4.78, 5) is 26.7. The van der Waals surface area contributed by atoms with Crippen LogP contribution in [-0.2, 0) is 9.59 Å². The number of amides is 2. The molecule has 0 spiro atoms. The summed E-state index contributed by atoms with van der Waals surface area (Å²) < 4.78 is 0. The zero-order valence-electron chi connectivity index (χ0n) is 12.5. The molecule has 2 rings (SSSR count). The van der Waals surface area contributed by atoms with Crippen LogP contribution < -0.4 is 0 Å². The number of hydrogen-bond donors (Lipinski definition) is 0. The van der Waals surface area contributed by atoms with E-state index in [1.54, 1.807) is 0 Å². The van der Waals surface area contributed by atoms with E-state index in [4.69, 9.17) is 0 Å². The Balaban J connectivity index is 1.74. The van der Waals surface area contributed by atoms with Crippen LogP contribution in [0.4, 0.5) is 0 Å². The van der Waals surface area contributed by atoms with Gasteiger partial charge in [-0.3, -0.25) is 19.4 Å². The van der Waals surface area contributed by atoms with Gasteiger partial charge in [-0.05, 0) is 26.7 Å². The van der Waals surface area contributed by atoms with E-state index in [1.165, 1.54) is 24.2 Å². The van der Waals surface area contributed by atoms with Crippen molar-refractivity contribution in [1.29, 1.82) is 0 Å². The Morgan fingerprint density at radius 1 is 1.05 bits per heavy atom. The minimum atomic E-state index is -0.0462. The van der Waals surface area contributed by atoms with E-state index in [9.17, 15) is 9.59 Å². The van der Waals surface area contributed by atoms with Crippen molar-refractivity contribution in [2.24, 2.45) is 0 Å². The average molecular weight is 276 g/mol. The Morgan fingerprint density at radius 3 is 2.25 bits per heavy atom. The molecule has 2 aliphatic rings. The molecule has 2 saturated heterocycles. The summed E-state index contributed by atoms with van der Waals surface area (Å²) in [5.74, 6) is 6.21. The van der Waals surface area contributed by atoms with Gasteiger partial charge in [0.25, 0.3) is 0 Å². The summed E-state index contributed by atoms with van der Waals surface area (Å²) in [6.45, 7) is 5.78. The van der Waals surface area contributed by atoms with Gasteiger partial charge in [-0.2, -0.15) is 0 Å². The second kappa shape index (κ2) is 6.90. The van der Waals surface area contributed by atoms with Gasteiger partial charge in [0.15, 0.2) is 0 Å². The van der Waals surface area contributed by atoms with Crippen LogP contribution in [0.15, 0.2) is 0 Å². The quantitative estimate of drug-likeness (QED) is 0.583. The number of rotatable bonds is 3. The van der Waals surface area contributed by atoms with E-state index in [0.29, 0.717) is 37.9 Å². The highest BCUT2D eigenvalue weighted by Gasteiger charge is 2.27. The van der Waals surface area contributed by atoms with Crippen LogP contribution in [0.3, 0.4) is 0 Å². The van der Waals surface area contributed by atoms with Gasteiger partial charge in [0.1, 0.15) is 0 Å². The molecular formula is C16H24N2O2. The monoisotopic (exact) mass is 276 g/mol. The molecule has 2 aliphatic heterocycles. The van der Waals surface area contributed by atoms with Crippen LogP contribution in [0.1, 0.15) is 52.4 Å². The standard InChI is InChI=1S/C16H24N2O2/c1-13-7-6-8-14(2)17(13)11-4-3-5-12-18-15(19)9-10-16(18)20/h13-14H,5-12H2,1-2H3/t13-,14-/m0/s1. The Hall–Kier alpha value is -1.34. The maximum atomic E-state index is 11.4. The predicted molar refractivity (Wildman–Crippen MR) is 77.8 cm³/mol. The van der Waals surface area contributed by atoms with Gasteiger partial charge < -0.3 is 0 Å². The van der Waals surface area contributed by atoms with Crippen molar-refractivity contribution < 1.29 is 9.59 Å². The highest BCUT2D eigenvalue weighted by molar-refractivity contribution is 6.01. The Bertz CT molecular complexity index is 409. The topological polar surface area (TPSA) is 40.6 Å². The number of carbonyl (C=O) groups excluding carboxylic acids is 2. The lowest BCUT2D eigenvalue weighted by atomic mass is 9.98. The second-order valence-electron chi connectivity index (χ2n) is 5.84.